The fraction of sp³-hybridized carbons (Fsp3) is 1.00. The highest BCUT2D eigenvalue weighted by Gasteiger charge is 2.34. The minimum Gasteiger partial charge on any atom is -0.393 e. The summed E-state index contributed by atoms with van der Waals surface area (Å²) >= 11 is 0. The van der Waals surface area contributed by atoms with E-state index >= 15 is 0 Å². The minimum absolute atomic E-state index is 0.0625. The quantitative estimate of drug-likeness (QED) is 0.128. The van der Waals surface area contributed by atoms with Gasteiger partial charge in [0, 0.05) is 33.3 Å². The van der Waals surface area contributed by atoms with Gasteiger partial charge in [0.15, 0.2) is 0 Å². The monoisotopic (exact) mass is 1300 g/mol. The summed E-state index contributed by atoms with van der Waals surface area (Å²) in [6.07, 6.45) is 30.9. The molecule has 0 radical (unpaired) electrons. The van der Waals surface area contributed by atoms with Crippen LogP contribution >= 0.6 is 0 Å². The van der Waals surface area contributed by atoms with Gasteiger partial charge < -0.3 is 20.3 Å². The normalized spacial score (nSPS) is 18.1. The third kappa shape index (κ3) is 144. The predicted octanol–water partition coefficient (Wildman–Crippen LogP) is 30.3. The summed E-state index contributed by atoms with van der Waals surface area (Å²) in [5.74, 6) is 8.63. The molecule has 3 aliphatic carbocycles. The third-order valence-corrected chi connectivity index (χ3v) is 18.2. The molecule has 564 valence electrons. The fourth-order valence-electron chi connectivity index (χ4n) is 5.93. The number of halogens is 2. The SMILES string of the molecule is CC1CC(C)C1.CC1CCC[C@H]1C.CCC(C)(C)C.CCC(C)(F)F.CCC(C)C.CCC(C)C(C)C.CCC(C)CC.CCC1(C)CC1.CCCC(C)C.CCCCC.CC[C@H](C)C(C)C.CC[C@H](C)COC.CC[C@H](C)N.CC[C@H](C)O.CC[C@H](C)OC. The number of aliphatic hydroxyl groups is 1. The van der Waals surface area contributed by atoms with Gasteiger partial charge in [-0.1, -0.05) is 345 Å². The number of unbranched alkanes of at least 4 members (excludes halogenated alkanes) is 2. The zero-order valence-electron chi connectivity index (χ0n) is 71.4. The Morgan fingerprint density at radius 3 is 0.844 bits per heavy atom. The summed E-state index contributed by atoms with van der Waals surface area (Å²) in [5.41, 5.74) is 6.62. The molecule has 0 aromatic heterocycles. The van der Waals surface area contributed by atoms with Gasteiger partial charge in [0.1, 0.15) is 0 Å². The van der Waals surface area contributed by atoms with Crippen molar-refractivity contribution in [3.05, 3.63) is 0 Å². The number of methoxy groups -OCH3 is 2. The topological polar surface area (TPSA) is 64.7 Å². The van der Waals surface area contributed by atoms with E-state index in [0.29, 0.717) is 17.6 Å². The van der Waals surface area contributed by atoms with Crippen molar-refractivity contribution >= 4 is 0 Å². The van der Waals surface area contributed by atoms with Gasteiger partial charge in [-0.3, -0.25) is 0 Å². The molecule has 3 N–H and O–H groups in total. The van der Waals surface area contributed by atoms with E-state index in [1.165, 1.54) is 135 Å². The fourth-order valence-corrected chi connectivity index (χ4v) is 5.93. The Labute approximate surface area is 577 Å². The summed E-state index contributed by atoms with van der Waals surface area (Å²) in [4.78, 5) is 0. The second kappa shape index (κ2) is 84.8. The molecule has 0 saturated heterocycles. The van der Waals surface area contributed by atoms with Gasteiger partial charge in [-0.25, -0.2) is 8.78 Å². The highest BCUT2D eigenvalue weighted by atomic mass is 19.3. The largest absolute Gasteiger partial charge is 0.393 e. The Hall–Kier alpha value is -0.300. The van der Waals surface area contributed by atoms with Crippen LogP contribution in [0.5, 0.6) is 0 Å². The molecule has 0 aromatic carbocycles. The number of ether oxygens (including phenoxy) is 2. The van der Waals surface area contributed by atoms with Crippen LogP contribution in [-0.4, -0.2) is 50.1 Å². The van der Waals surface area contributed by atoms with E-state index in [1.807, 2.05) is 13.8 Å². The number of aliphatic hydroxyl groups excluding tert-OH is 1. The lowest BCUT2D eigenvalue weighted by Gasteiger charge is -2.28. The van der Waals surface area contributed by atoms with Crippen molar-refractivity contribution < 1.29 is 23.4 Å². The van der Waals surface area contributed by atoms with Crippen LogP contribution in [0.1, 0.15) is 424 Å². The number of hydrogen-bond donors (Lipinski definition) is 2. The molecule has 0 aliphatic heterocycles. The molecule has 6 heteroatoms. The standard InChI is InChI=1S/C7H14.2C7H16.C6H14O.2C6H12.3C6H14.C5H12O.2C5H12.C4H8F2.C4H11N.C4H10O/c1-6-4-3-5-7(6)2;2*1-5-7(4)6(2)3;1-4-6(2)5-7-3;1-5-3-6(2)4-5;1-3-6(2)4-5-6;1-5-6(2,3)4;1-4-5-6(2)3;1-4-6(3)5-2;1-4-5(2)6-3;1-4-5(2)3;1-3-5-4-2;1-3-4(2,5)6;2*1-3-4(2)5/h6-7H,3-5H2,1-2H3;2*6-7H,5H2,1-4H3;6H,4-5H2,1-3H3;5-6H,3-4H2,1-2H3;3-5H2,1-2H3;5H2,1-4H3;2*6H,4-5H2,1-3H3;5H,4H2,1-3H3;5H,4H2,1-3H3;3-5H2,1-2H3;3H2,1-2H3;4H,3,5H2,1-2H3;4-5H,3H2,1-2H3/t6-,7?;7-;;6-;;;;;;5-;;;;2*4-/m10.0.....0...00/s1. The van der Waals surface area contributed by atoms with Crippen molar-refractivity contribution in [3.63, 3.8) is 0 Å². The van der Waals surface area contributed by atoms with E-state index < -0.39 is 5.92 Å². The Morgan fingerprint density at radius 1 is 0.500 bits per heavy atom. The summed E-state index contributed by atoms with van der Waals surface area (Å²) < 4.78 is 32.7. The second-order valence-corrected chi connectivity index (χ2v) is 31.2. The predicted molar refractivity (Wildman–Crippen MR) is 420 cm³/mol. The van der Waals surface area contributed by atoms with Crippen LogP contribution in [0.4, 0.5) is 8.78 Å². The molecule has 3 fully saturated rings. The molecule has 0 spiro atoms. The summed E-state index contributed by atoms with van der Waals surface area (Å²) in [7, 11) is 3.47. The maximum absolute atomic E-state index is 11.5. The first-order valence-electron chi connectivity index (χ1n) is 39.1. The van der Waals surface area contributed by atoms with Crippen molar-refractivity contribution in [3.8, 4) is 0 Å². The van der Waals surface area contributed by atoms with Gasteiger partial charge in [0.25, 0.3) is 0 Å². The van der Waals surface area contributed by atoms with Crippen LogP contribution in [0.3, 0.4) is 0 Å². The minimum atomic E-state index is -2.46. The van der Waals surface area contributed by atoms with Crippen molar-refractivity contribution in [2.75, 3.05) is 20.8 Å². The lowest BCUT2D eigenvalue weighted by molar-refractivity contribution is 0.0181. The van der Waals surface area contributed by atoms with Gasteiger partial charge >= 0.3 is 0 Å². The first-order valence-corrected chi connectivity index (χ1v) is 39.1. The molecule has 0 amide bonds. The zero-order valence-corrected chi connectivity index (χ0v) is 71.4. The smallest absolute Gasteiger partial charge is 0.245 e. The van der Waals surface area contributed by atoms with E-state index in [0.717, 1.165) is 109 Å². The first kappa shape index (κ1) is 117. The Morgan fingerprint density at radius 2 is 0.822 bits per heavy atom. The maximum Gasteiger partial charge on any atom is 0.245 e. The second-order valence-electron chi connectivity index (χ2n) is 31.2. The number of rotatable bonds is 20. The van der Waals surface area contributed by atoms with E-state index in [9.17, 15) is 8.78 Å². The van der Waals surface area contributed by atoms with Gasteiger partial charge in [-0.05, 0) is 154 Å². The molecule has 3 rings (SSSR count). The summed E-state index contributed by atoms with van der Waals surface area (Å²) in [6, 6.07) is 0.384. The van der Waals surface area contributed by atoms with E-state index in [-0.39, 0.29) is 12.5 Å². The number of hydrogen-bond acceptors (Lipinski definition) is 4. The Balaban J connectivity index is -0.0000000725. The Kier molecular flexibility index (Phi) is 110. The highest BCUT2D eigenvalue weighted by molar-refractivity contribution is 4.86. The first-order chi connectivity index (χ1) is 41.3. The molecular weight excluding hydrogens is 1110 g/mol. The molecular formula is C84H191F2NO3. The molecule has 3 saturated carbocycles. The summed E-state index contributed by atoms with van der Waals surface area (Å²) in [6.45, 7) is 85.2. The van der Waals surface area contributed by atoms with Crippen molar-refractivity contribution in [2.45, 2.75) is 448 Å². The van der Waals surface area contributed by atoms with Crippen molar-refractivity contribution in [2.24, 2.45) is 87.6 Å². The molecule has 8 atom stereocenters. The lowest BCUT2D eigenvalue weighted by Crippen LogP contribution is -2.16. The van der Waals surface area contributed by atoms with Crippen LogP contribution in [0, 0.1) is 81.8 Å². The zero-order chi connectivity index (χ0) is 74.3. The van der Waals surface area contributed by atoms with Gasteiger partial charge in [-0.2, -0.15) is 0 Å². The molecule has 4 nitrogen and oxygen atoms in total. The Bertz CT molecular complexity index is 1070. The number of alkyl halides is 2. The number of nitrogens with two attached hydrogens (primary N) is 1. The maximum atomic E-state index is 11.5. The highest BCUT2D eigenvalue weighted by Crippen LogP contribution is 2.47. The van der Waals surface area contributed by atoms with E-state index in [1.54, 1.807) is 21.1 Å². The van der Waals surface area contributed by atoms with Crippen LogP contribution in [-0.2, 0) is 9.47 Å². The van der Waals surface area contributed by atoms with Crippen molar-refractivity contribution in [1.29, 1.82) is 0 Å². The molecule has 0 heterocycles. The van der Waals surface area contributed by atoms with Gasteiger partial charge in [-0.15, -0.1) is 0 Å². The molecule has 2 unspecified atom stereocenters. The third-order valence-electron chi connectivity index (χ3n) is 18.2. The van der Waals surface area contributed by atoms with Crippen LogP contribution in [0.25, 0.3) is 0 Å². The van der Waals surface area contributed by atoms with E-state index in [2.05, 4.69) is 235 Å². The van der Waals surface area contributed by atoms with Crippen molar-refractivity contribution in [1.82, 2.24) is 0 Å². The van der Waals surface area contributed by atoms with Gasteiger partial charge in [0.05, 0.1) is 12.2 Å². The van der Waals surface area contributed by atoms with Gasteiger partial charge in [0.2, 0.25) is 5.92 Å². The molecule has 90 heavy (non-hydrogen) atoms. The lowest BCUT2D eigenvalue weighted by atomic mass is 9.78. The van der Waals surface area contributed by atoms with Crippen LogP contribution in [0.2, 0.25) is 0 Å². The molecule has 3 aliphatic rings. The summed E-state index contributed by atoms with van der Waals surface area (Å²) in [5, 5.41) is 8.36. The average Bonchev–Trinajstić information content (AvgIpc) is 4.36. The van der Waals surface area contributed by atoms with E-state index in [4.69, 9.17) is 20.3 Å². The molecule has 0 aromatic rings. The average molecular weight is 1300 g/mol. The van der Waals surface area contributed by atoms with Crippen LogP contribution < -0.4 is 5.73 Å². The molecule has 0 bridgehead atoms. The van der Waals surface area contributed by atoms with Crippen LogP contribution in [0.15, 0.2) is 0 Å².